The summed E-state index contributed by atoms with van der Waals surface area (Å²) in [6.45, 7) is 4.54. The topological polar surface area (TPSA) is 46.2 Å². The van der Waals surface area contributed by atoms with Crippen LogP contribution in [0.15, 0.2) is 12.2 Å². The van der Waals surface area contributed by atoms with Gasteiger partial charge in [0.25, 0.3) is 0 Å². The maximum atomic E-state index is 12.0. The van der Waals surface area contributed by atoms with Crippen molar-refractivity contribution < 1.29 is 9.59 Å². The van der Waals surface area contributed by atoms with E-state index in [1.54, 1.807) is 0 Å². The number of amides is 2. The highest BCUT2D eigenvalue weighted by Crippen LogP contribution is 2.13. The van der Waals surface area contributed by atoms with Gasteiger partial charge in [0.05, 0.1) is 0 Å². The second kappa shape index (κ2) is 31.1. The number of hydrogen-bond donors (Lipinski definition) is 1. The Morgan fingerprint density at radius 2 is 0.676 bits per heavy atom. The summed E-state index contributed by atoms with van der Waals surface area (Å²) in [7, 11) is 0. The van der Waals surface area contributed by atoms with Gasteiger partial charge in [0.15, 0.2) is 0 Å². The third-order valence-electron chi connectivity index (χ3n) is 7.45. The third kappa shape index (κ3) is 31.0. The number of rotatable bonds is 29. The minimum Gasteiger partial charge on any atom is -0.296 e. The third-order valence-corrected chi connectivity index (χ3v) is 7.45. The molecule has 0 spiro atoms. The van der Waals surface area contributed by atoms with E-state index in [1.807, 2.05) is 0 Å². The molecule has 0 bridgehead atoms. The summed E-state index contributed by atoms with van der Waals surface area (Å²) < 4.78 is 0. The van der Waals surface area contributed by atoms with Crippen LogP contribution >= 0.6 is 0 Å². The molecule has 0 radical (unpaired) electrons. The monoisotopic (exact) mass is 520 g/mol. The molecule has 3 nitrogen and oxygen atoms in total. The molecule has 0 aliphatic rings. The van der Waals surface area contributed by atoms with Gasteiger partial charge in [0, 0.05) is 12.8 Å². The molecule has 0 fully saturated rings. The fourth-order valence-electron chi connectivity index (χ4n) is 4.94. The van der Waals surface area contributed by atoms with Gasteiger partial charge in [0.2, 0.25) is 11.8 Å². The molecule has 0 aliphatic carbocycles. The van der Waals surface area contributed by atoms with Crippen molar-refractivity contribution in [3.63, 3.8) is 0 Å². The van der Waals surface area contributed by atoms with E-state index < -0.39 is 0 Å². The Labute approximate surface area is 232 Å². The second-order valence-electron chi connectivity index (χ2n) is 11.3. The first-order chi connectivity index (χ1) is 18.2. The molecule has 0 atom stereocenters. The Morgan fingerprint density at radius 1 is 0.405 bits per heavy atom. The molecule has 0 saturated carbocycles. The van der Waals surface area contributed by atoms with Crippen LogP contribution in [-0.4, -0.2) is 11.8 Å². The number of nitrogens with one attached hydrogen (secondary N) is 1. The summed E-state index contributed by atoms with van der Waals surface area (Å²) in [6.07, 6.45) is 38.9. The predicted molar refractivity (Wildman–Crippen MR) is 163 cm³/mol. The van der Waals surface area contributed by atoms with E-state index in [2.05, 4.69) is 31.3 Å². The van der Waals surface area contributed by atoms with Gasteiger partial charge in [-0.05, 0) is 38.5 Å². The van der Waals surface area contributed by atoms with E-state index >= 15 is 0 Å². The van der Waals surface area contributed by atoms with Crippen molar-refractivity contribution in [1.82, 2.24) is 5.32 Å². The van der Waals surface area contributed by atoms with Gasteiger partial charge in [-0.3, -0.25) is 14.9 Å². The van der Waals surface area contributed by atoms with Crippen molar-refractivity contribution in [3.8, 4) is 0 Å². The van der Waals surface area contributed by atoms with Crippen molar-refractivity contribution in [3.05, 3.63) is 12.2 Å². The Bertz CT molecular complexity index is 514. The lowest BCUT2D eigenvalue weighted by Crippen LogP contribution is -2.29. The van der Waals surface area contributed by atoms with Gasteiger partial charge in [-0.15, -0.1) is 0 Å². The standard InChI is InChI=1S/C34H65NO2/c1-3-5-7-9-11-13-15-17-18-20-22-24-26-28-30-32-34(37)35-33(36)31-29-27-25-23-21-19-16-14-12-10-8-6-4-2/h17-18H,3-16,19-32H2,1-2H3,(H,35,36,37)/b18-17-. The normalized spacial score (nSPS) is 11.4. The molecule has 0 aromatic carbocycles. The zero-order valence-electron chi connectivity index (χ0n) is 25.3. The zero-order chi connectivity index (χ0) is 27.1. The lowest BCUT2D eigenvalue weighted by atomic mass is 10.0. The zero-order valence-corrected chi connectivity index (χ0v) is 25.3. The van der Waals surface area contributed by atoms with E-state index in [0.717, 1.165) is 25.7 Å². The number of carbonyl (C=O) groups excluding carboxylic acids is 2. The van der Waals surface area contributed by atoms with Crippen LogP contribution in [0.5, 0.6) is 0 Å². The summed E-state index contributed by atoms with van der Waals surface area (Å²) in [5, 5.41) is 2.59. The number of hydrogen-bond acceptors (Lipinski definition) is 2. The molecular formula is C34H65NO2. The van der Waals surface area contributed by atoms with Crippen LogP contribution < -0.4 is 5.32 Å². The summed E-state index contributed by atoms with van der Waals surface area (Å²) in [4.78, 5) is 24.0. The van der Waals surface area contributed by atoms with Crippen LogP contribution in [0.4, 0.5) is 0 Å². The first-order valence-electron chi connectivity index (χ1n) is 16.7. The van der Waals surface area contributed by atoms with Crippen molar-refractivity contribution in [2.75, 3.05) is 0 Å². The molecule has 2 amide bonds. The van der Waals surface area contributed by atoms with Crippen molar-refractivity contribution in [2.45, 2.75) is 194 Å². The van der Waals surface area contributed by atoms with Gasteiger partial charge in [-0.1, -0.05) is 154 Å². The van der Waals surface area contributed by atoms with E-state index in [4.69, 9.17) is 0 Å². The van der Waals surface area contributed by atoms with E-state index in [1.165, 1.54) is 141 Å². The molecule has 37 heavy (non-hydrogen) atoms. The van der Waals surface area contributed by atoms with Crippen LogP contribution in [0.3, 0.4) is 0 Å². The fourth-order valence-corrected chi connectivity index (χ4v) is 4.94. The molecule has 0 aromatic rings. The smallest absolute Gasteiger partial charge is 0.226 e. The van der Waals surface area contributed by atoms with E-state index in [9.17, 15) is 9.59 Å². The quantitative estimate of drug-likeness (QED) is 0.0788. The van der Waals surface area contributed by atoms with Crippen LogP contribution in [0, 0.1) is 0 Å². The molecular weight excluding hydrogens is 454 g/mol. The number of unbranched alkanes of at least 4 members (excludes halogenated alkanes) is 23. The fraction of sp³-hybridized carbons (Fsp3) is 0.882. The molecule has 0 aliphatic heterocycles. The first kappa shape index (κ1) is 35.9. The highest BCUT2D eigenvalue weighted by atomic mass is 16.2. The number of allylic oxidation sites excluding steroid dienone is 2. The SMILES string of the molecule is CCCCCCCC/C=C\CCCCCCCC(=O)NC(=O)CCCCCCCCCCCCCCC. The number of carbonyl (C=O) groups is 2. The minimum absolute atomic E-state index is 0.0826. The average molecular weight is 520 g/mol. The van der Waals surface area contributed by atoms with Crippen LogP contribution in [0.1, 0.15) is 194 Å². The van der Waals surface area contributed by atoms with Gasteiger partial charge in [-0.2, -0.15) is 0 Å². The molecule has 1 N–H and O–H groups in total. The predicted octanol–water partition coefficient (Wildman–Crippen LogP) is 11.1. The summed E-state index contributed by atoms with van der Waals surface area (Å²) >= 11 is 0. The van der Waals surface area contributed by atoms with Crippen LogP contribution in [0.25, 0.3) is 0 Å². The Balaban J connectivity index is 3.33. The lowest BCUT2D eigenvalue weighted by Gasteiger charge is -2.05. The summed E-state index contributed by atoms with van der Waals surface area (Å²) in [5.41, 5.74) is 0. The molecule has 218 valence electrons. The van der Waals surface area contributed by atoms with Crippen molar-refractivity contribution in [1.29, 1.82) is 0 Å². The Kier molecular flexibility index (Phi) is 30.2. The van der Waals surface area contributed by atoms with Crippen LogP contribution in [0.2, 0.25) is 0 Å². The molecule has 3 heteroatoms. The second-order valence-corrected chi connectivity index (χ2v) is 11.3. The van der Waals surface area contributed by atoms with Gasteiger partial charge >= 0.3 is 0 Å². The van der Waals surface area contributed by atoms with Crippen LogP contribution in [-0.2, 0) is 9.59 Å². The Hall–Kier alpha value is -1.12. The molecule has 0 rings (SSSR count). The Morgan fingerprint density at radius 3 is 1.00 bits per heavy atom. The average Bonchev–Trinajstić information content (AvgIpc) is 2.89. The minimum atomic E-state index is -0.0858. The summed E-state index contributed by atoms with van der Waals surface area (Å²) in [5.74, 6) is -0.168. The van der Waals surface area contributed by atoms with Crippen molar-refractivity contribution >= 4 is 11.8 Å². The highest BCUT2D eigenvalue weighted by Gasteiger charge is 2.07. The van der Waals surface area contributed by atoms with E-state index in [0.29, 0.717) is 12.8 Å². The molecule has 0 aromatic heterocycles. The maximum absolute atomic E-state index is 12.0. The van der Waals surface area contributed by atoms with Gasteiger partial charge < -0.3 is 0 Å². The highest BCUT2D eigenvalue weighted by molar-refractivity contribution is 5.95. The van der Waals surface area contributed by atoms with Crippen molar-refractivity contribution in [2.24, 2.45) is 0 Å². The first-order valence-corrected chi connectivity index (χ1v) is 16.7. The lowest BCUT2D eigenvalue weighted by molar-refractivity contribution is -0.130. The summed E-state index contributed by atoms with van der Waals surface area (Å²) in [6, 6.07) is 0. The maximum Gasteiger partial charge on any atom is 0.226 e. The molecule has 0 unspecified atom stereocenters. The van der Waals surface area contributed by atoms with Gasteiger partial charge in [-0.25, -0.2) is 0 Å². The molecule has 0 saturated heterocycles. The molecule has 0 heterocycles. The number of imide groups is 1. The van der Waals surface area contributed by atoms with E-state index in [-0.39, 0.29) is 11.8 Å². The van der Waals surface area contributed by atoms with Gasteiger partial charge in [0.1, 0.15) is 0 Å². The largest absolute Gasteiger partial charge is 0.296 e.